The molecule has 0 aromatic heterocycles. The number of hydrogen-bond donors (Lipinski definition) is 0. The first-order chi connectivity index (χ1) is 5.79. The van der Waals surface area contributed by atoms with Crippen LogP contribution in [-0.2, 0) is 4.79 Å². The number of hydrogen-bond acceptors (Lipinski definition) is 1. The van der Waals surface area contributed by atoms with Crippen molar-refractivity contribution in [1.29, 1.82) is 0 Å². The molecular formula is C10H15NO. The van der Waals surface area contributed by atoms with Crippen LogP contribution in [-0.4, -0.2) is 24.4 Å². The van der Waals surface area contributed by atoms with Gasteiger partial charge in [0, 0.05) is 19.2 Å². The first-order valence-corrected chi connectivity index (χ1v) is 4.75. The Labute approximate surface area is 73.2 Å². The summed E-state index contributed by atoms with van der Waals surface area (Å²) in [4.78, 5) is 13.5. The molecule has 66 valence electrons. The van der Waals surface area contributed by atoms with E-state index in [1.807, 2.05) is 11.9 Å². The fraction of sp³-hybridized carbons (Fsp3) is 0.700. The molecule has 2 rings (SSSR count). The molecule has 1 heterocycles. The lowest BCUT2D eigenvalue weighted by Gasteiger charge is -2.30. The van der Waals surface area contributed by atoms with E-state index in [0.717, 1.165) is 25.0 Å². The summed E-state index contributed by atoms with van der Waals surface area (Å²) in [6.07, 6.45) is 5.82. The number of rotatable bonds is 0. The van der Waals surface area contributed by atoms with Crippen LogP contribution in [0.3, 0.4) is 0 Å². The third-order valence-corrected chi connectivity index (χ3v) is 2.94. The van der Waals surface area contributed by atoms with Crippen molar-refractivity contribution in [3.8, 4) is 0 Å². The van der Waals surface area contributed by atoms with Crippen molar-refractivity contribution in [1.82, 2.24) is 4.90 Å². The molecule has 0 aromatic rings. The Hall–Kier alpha value is -0.790. The maximum atomic E-state index is 11.6. The topological polar surface area (TPSA) is 20.3 Å². The van der Waals surface area contributed by atoms with Crippen LogP contribution in [0.4, 0.5) is 0 Å². The van der Waals surface area contributed by atoms with E-state index in [0.29, 0.717) is 0 Å². The zero-order chi connectivity index (χ0) is 8.55. The lowest BCUT2D eigenvalue weighted by molar-refractivity contribution is -0.126. The average Bonchev–Trinajstić information content (AvgIpc) is 2.12. The fourth-order valence-electron chi connectivity index (χ4n) is 2.14. The molecule has 0 saturated carbocycles. The minimum absolute atomic E-state index is 0.288. The minimum Gasteiger partial charge on any atom is -0.342 e. The standard InChI is InChI=1S/C10H15NO/c1-11-7-6-8-4-2-3-5-9(8)10(11)12/h2-7H2,1H3. The fourth-order valence-corrected chi connectivity index (χ4v) is 2.14. The van der Waals surface area contributed by atoms with Gasteiger partial charge in [-0.15, -0.1) is 0 Å². The van der Waals surface area contributed by atoms with Gasteiger partial charge in [0.25, 0.3) is 0 Å². The number of likely N-dealkylation sites (N-methyl/N-ethyl adjacent to an activating group) is 1. The predicted molar refractivity (Wildman–Crippen MR) is 47.7 cm³/mol. The van der Waals surface area contributed by atoms with E-state index < -0.39 is 0 Å². The Morgan fingerprint density at radius 3 is 2.75 bits per heavy atom. The van der Waals surface area contributed by atoms with Gasteiger partial charge in [-0.2, -0.15) is 0 Å². The van der Waals surface area contributed by atoms with Gasteiger partial charge in [-0.3, -0.25) is 4.79 Å². The molecule has 1 amide bonds. The molecule has 0 unspecified atom stereocenters. The Balaban J connectivity index is 2.28. The summed E-state index contributed by atoms with van der Waals surface area (Å²) >= 11 is 0. The first-order valence-electron chi connectivity index (χ1n) is 4.75. The van der Waals surface area contributed by atoms with Crippen LogP contribution >= 0.6 is 0 Å². The van der Waals surface area contributed by atoms with E-state index >= 15 is 0 Å². The average molecular weight is 165 g/mol. The number of carbonyl (C=O) groups is 1. The van der Waals surface area contributed by atoms with Crippen molar-refractivity contribution in [3.05, 3.63) is 11.1 Å². The maximum Gasteiger partial charge on any atom is 0.249 e. The lowest BCUT2D eigenvalue weighted by atomic mass is 9.87. The van der Waals surface area contributed by atoms with Crippen LogP contribution in [0.15, 0.2) is 11.1 Å². The highest BCUT2D eigenvalue weighted by Crippen LogP contribution is 2.30. The molecule has 0 bridgehead atoms. The molecule has 1 aliphatic heterocycles. The SMILES string of the molecule is CN1CCC2=C(CCCC2)C1=O. The van der Waals surface area contributed by atoms with Crippen molar-refractivity contribution in [3.63, 3.8) is 0 Å². The molecule has 0 spiro atoms. The molecule has 0 fully saturated rings. The first kappa shape index (κ1) is 7.84. The zero-order valence-electron chi connectivity index (χ0n) is 7.60. The van der Waals surface area contributed by atoms with Crippen LogP contribution < -0.4 is 0 Å². The number of carbonyl (C=O) groups excluding carboxylic acids is 1. The van der Waals surface area contributed by atoms with E-state index in [1.165, 1.54) is 24.8 Å². The van der Waals surface area contributed by atoms with E-state index in [2.05, 4.69) is 0 Å². The maximum absolute atomic E-state index is 11.6. The smallest absolute Gasteiger partial charge is 0.249 e. The van der Waals surface area contributed by atoms with Crippen LogP contribution in [0.1, 0.15) is 32.1 Å². The molecule has 2 heteroatoms. The molecular weight excluding hydrogens is 150 g/mol. The second kappa shape index (κ2) is 2.92. The highest BCUT2D eigenvalue weighted by molar-refractivity contribution is 5.95. The molecule has 1 aliphatic carbocycles. The summed E-state index contributed by atoms with van der Waals surface area (Å²) in [5.74, 6) is 0.288. The largest absolute Gasteiger partial charge is 0.342 e. The number of nitrogens with zero attached hydrogens (tertiary/aromatic N) is 1. The zero-order valence-corrected chi connectivity index (χ0v) is 7.60. The van der Waals surface area contributed by atoms with E-state index in [9.17, 15) is 4.79 Å². The summed E-state index contributed by atoms with van der Waals surface area (Å²) in [7, 11) is 1.90. The molecule has 0 saturated heterocycles. The molecule has 0 N–H and O–H groups in total. The molecule has 0 aromatic carbocycles. The molecule has 2 aliphatic rings. The van der Waals surface area contributed by atoms with Gasteiger partial charge in [0.05, 0.1) is 0 Å². The molecule has 0 atom stereocenters. The van der Waals surface area contributed by atoms with Crippen LogP contribution in [0.25, 0.3) is 0 Å². The van der Waals surface area contributed by atoms with Gasteiger partial charge in [-0.25, -0.2) is 0 Å². The van der Waals surface area contributed by atoms with E-state index in [-0.39, 0.29) is 5.91 Å². The Bertz CT molecular complexity index is 242. The summed E-state index contributed by atoms with van der Waals surface area (Å²) < 4.78 is 0. The van der Waals surface area contributed by atoms with Crippen molar-refractivity contribution in [2.75, 3.05) is 13.6 Å². The Morgan fingerprint density at radius 2 is 1.92 bits per heavy atom. The quantitative estimate of drug-likeness (QED) is 0.535. The normalized spacial score (nSPS) is 24.4. The highest BCUT2D eigenvalue weighted by atomic mass is 16.2. The van der Waals surface area contributed by atoms with Crippen molar-refractivity contribution < 1.29 is 4.79 Å². The van der Waals surface area contributed by atoms with Crippen LogP contribution in [0, 0.1) is 0 Å². The Morgan fingerprint density at radius 1 is 1.17 bits per heavy atom. The third-order valence-electron chi connectivity index (χ3n) is 2.94. The molecule has 2 nitrogen and oxygen atoms in total. The van der Waals surface area contributed by atoms with Crippen molar-refractivity contribution in [2.24, 2.45) is 0 Å². The second-order valence-corrected chi connectivity index (χ2v) is 3.77. The van der Waals surface area contributed by atoms with Gasteiger partial charge in [-0.1, -0.05) is 5.57 Å². The molecule has 12 heavy (non-hydrogen) atoms. The van der Waals surface area contributed by atoms with Gasteiger partial charge in [0.1, 0.15) is 0 Å². The van der Waals surface area contributed by atoms with Crippen LogP contribution in [0.2, 0.25) is 0 Å². The second-order valence-electron chi connectivity index (χ2n) is 3.77. The van der Waals surface area contributed by atoms with Gasteiger partial charge in [0.15, 0.2) is 0 Å². The Kier molecular flexibility index (Phi) is 1.91. The van der Waals surface area contributed by atoms with E-state index in [1.54, 1.807) is 0 Å². The van der Waals surface area contributed by atoms with Crippen molar-refractivity contribution >= 4 is 5.91 Å². The summed E-state index contributed by atoms with van der Waals surface area (Å²) in [5.41, 5.74) is 2.58. The number of amides is 1. The van der Waals surface area contributed by atoms with Crippen molar-refractivity contribution in [2.45, 2.75) is 32.1 Å². The summed E-state index contributed by atoms with van der Waals surface area (Å²) in [5, 5.41) is 0. The minimum atomic E-state index is 0.288. The van der Waals surface area contributed by atoms with E-state index in [4.69, 9.17) is 0 Å². The third kappa shape index (κ3) is 1.15. The summed E-state index contributed by atoms with van der Waals surface area (Å²) in [6.45, 7) is 0.928. The van der Waals surface area contributed by atoms with Gasteiger partial charge < -0.3 is 4.90 Å². The lowest BCUT2D eigenvalue weighted by Crippen LogP contribution is -2.34. The van der Waals surface area contributed by atoms with Gasteiger partial charge in [0.2, 0.25) is 5.91 Å². The predicted octanol–water partition coefficient (Wildman–Crippen LogP) is 1.72. The van der Waals surface area contributed by atoms with Gasteiger partial charge in [-0.05, 0) is 32.1 Å². The summed E-state index contributed by atoms with van der Waals surface area (Å²) in [6, 6.07) is 0. The van der Waals surface area contributed by atoms with Crippen LogP contribution in [0.5, 0.6) is 0 Å². The monoisotopic (exact) mass is 165 g/mol. The molecule has 0 radical (unpaired) electrons. The van der Waals surface area contributed by atoms with Gasteiger partial charge >= 0.3 is 0 Å². The highest BCUT2D eigenvalue weighted by Gasteiger charge is 2.25.